The number of piperazine rings is 1. The molecular weight excluding hydrogens is 392 g/mol. The lowest BCUT2D eigenvalue weighted by Crippen LogP contribution is -2.56. The van der Waals surface area contributed by atoms with Crippen molar-refractivity contribution in [3.8, 4) is 0 Å². The Bertz CT molecular complexity index is 902. The van der Waals surface area contributed by atoms with Gasteiger partial charge in [0, 0.05) is 26.2 Å². The second kappa shape index (κ2) is 8.89. The first kappa shape index (κ1) is 21.1. The average Bonchev–Trinajstić information content (AvgIpc) is 3.09. The Morgan fingerprint density at radius 3 is 2.03 bits per heavy atom. The van der Waals surface area contributed by atoms with Gasteiger partial charge in [-0.2, -0.15) is 0 Å². The van der Waals surface area contributed by atoms with Crippen LogP contribution in [0, 0.1) is 0 Å². The van der Waals surface area contributed by atoms with Crippen LogP contribution >= 0.6 is 0 Å². The molecule has 0 aromatic heterocycles. The molecule has 4 rings (SSSR count). The first-order valence-electron chi connectivity index (χ1n) is 10.9. The van der Waals surface area contributed by atoms with E-state index in [2.05, 4.69) is 10.6 Å². The number of nitrogens with one attached hydrogen (secondary N) is 2. The van der Waals surface area contributed by atoms with Crippen LogP contribution in [0.1, 0.15) is 30.9 Å². The Labute approximate surface area is 182 Å². The highest BCUT2D eigenvalue weighted by Crippen LogP contribution is 2.37. The number of hydrogen-bond acceptors (Lipinski definition) is 4. The number of carbonyl (C=O) groups excluding carboxylic acids is 3. The second-order valence-electron chi connectivity index (χ2n) is 7.97. The summed E-state index contributed by atoms with van der Waals surface area (Å²) in [4.78, 5) is 43.6. The quantitative estimate of drug-likeness (QED) is 0.701. The van der Waals surface area contributed by atoms with Gasteiger partial charge in [-0.1, -0.05) is 74.0 Å². The molecule has 7 nitrogen and oxygen atoms in total. The normalized spacial score (nSPS) is 19.3. The van der Waals surface area contributed by atoms with Crippen molar-refractivity contribution in [1.29, 1.82) is 0 Å². The summed E-state index contributed by atoms with van der Waals surface area (Å²) in [5, 5.41) is 6.18. The summed E-state index contributed by atoms with van der Waals surface area (Å²) >= 11 is 0. The third-order valence-corrected chi connectivity index (χ3v) is 6.05. The van der Waals surface area contributed by atoms with Crippen LogP contribution < -0.4 is 10.6 Å². The third-order valence-electron chi connectivity index (χ3n) is 6.05. The van der Waals surface area contributed by atoms with Gasteiger partial charge in [-0.05, 0) is 17.5 Å². The van der Waals surface area contributed by atoms with Crippen molar-refractivity contribution in [1.82, 2.24) is 20.4 Å². The number of benzene rings is 2. The molecule has 4 amide bonds. The van der Waals surface area contributed by atoms with Crippen molar-refractivity contribution in [2.24, 2.45) is 0 Å². The molecule has 2 fully saturated rings. The predicted octanol–water partition coefficient (Wildman–Crippen LogP) is 2.08. The zero-order chi connectivity index (χ0) is 21.8. The number of urea groups is 1. The Hall–Kier alpha value is -3.19. The predicted molar refractivity (Wildman–Crippen MR) is 117 cm³/mol. The lowest BCUT2D eigenvalue weighted by atomic mass is 9.82. The minimum absolute atomic E-state index is 0.163. The smallest absolute Gasteiger partial charge is 0.326 e. The minimum atomic E-state index is -1.35. The number of amides is 4. The van der Waals surface area contributed by atoms with Crippen LogP contribution in [0.3, 0.4) is 0 Å². The summed E-state index contributed by atoms with van der Waals surface area (Å²) in [6.07, 6.45) is 1.12. The van der Waals surface area contributed by atoms with Crippen LogP contribution in [0.25, 0.3) is 0 Å². The van der Waals surface area contributed by atoms with Gasteiger partial charge in [0.25, 0.3) is 5.91 Å². The molecule has 7 heteroatoms. The average molecular weight is 421 g/mol. The molecular formula is C24H28N4O3. The van der Waals surface area contributed by atoms with Gasteiger partial charge in [0.15, 0.2) is 5.54 Å². The molecule has 2 saturated heterocycles. The molecule has 2 aliphatic heterocycles. The first-order chi connectivity index (χ1) is 15.1. The molecule has 162 valence electrons. The van der Waals surface area contributed by atoms with E-state index in [1.165, 1.54) is 0 Å². The topological polar surface area (TPSA) is 81.8 Å². The van der Waals surface area contributed by atoms with E-state index in [1.807, 2.05) is 67.6 Å². The van der Waals surface area contributed by atoms with E-state index in [0.717, 1.165) is 4.90 Å². The zero-order valence-corrected chi connectivity index (χ0v) is 17.7. The fourth-order valence-electron chi connectivity index (χ4n) is 4.50. The highest BCUT2D eigenvalue weighted by atomic mass is 16.2. The molecule has 2 aromatic rings. The molecule has 0 aliphatic carbocycles. The largest absolute Gasteiger partial charge is 0.338 e. The van der Waals surface area contributed by atoms with E-state index >= 15 is 0 Å². The summed E-state index contributed by atoms with van der Waals surface area (Å²) in [7, 11) is 0. The zero-order valence-electron chi connectivity index (χ0n) is 17.7. The van der Waals surface area contributed by atoms with E-state index in [1.54, 1.807) is 4.90 Å². The van der Waals surface area contributed by atoms with E-state index in [-0.39, 0.29) is 5.91 Å². The van der Waals surface area contributed by atoms with Crippen LogP contribution in [0.4, 0.5) is 4.79 Å². The van der Waals surface area contributed by atoms with Crippen molar-refractivity contribution < 1.29 is 14.4 Å². The summed E-state index contributed by atoms with van der Waals surface area (Å²) in [5.41, 5.74) is -0.00571. The van der Waals surface area contributed by atoms with E-state index in [4.69, 9.17) is 0 Å². The highest BCUT2D eigenvalue weighted by Gasteiger charge is 2.56. The molecule has 1 unspecified atom stereocenters. The van der Waals surface area contributed by atoms with Gasteiger partial charge < -0.3 is 15.5 Å². The number of imide groups is 1. The molecule has 0 radical (unpaired) electrons. The first-order valence-corrected chi connectivity index (χ1v) is 10.9. The van der Waals surface area contributed by atoms with Gasteiger partial charge in [0.1, 0.15) is 6.04 Å². The van der Waals surface area contributed by atoms with Crippen molar-refractivity contribution in [2.75, 3.05) is 26.2 Å². The monoisotopic (exact) mass is 420 g/mol. The van der Waals surface area contributed by atoms with Crippen molar-refractivity contribution >= 4 is 17.8 Å². The van der Waals surface area contributed by atoms with Crippen LogP contribution in [0.5, 0.6) is 0 Å². The van der Waals surface area contributed by atoms with Gasteiger partial charge in [-0.3, -0.25) is 9.59 Å². The number of rotatable bonds is 6. The van der Waals surface area contributed by atoms with Gasteiger partial charge >= 0.3 is 6.03 Å². The maximum absolute atomic E-state index is 14.0. The Morgan fingerprint density at radius 2 is 1.52 bits per heavy atom. The highest BCUT2D eigenvalue weighted by molar-refractivity contribution is 6.12. The minimum Gasteiger partial charge on any atom is -0.338 e. The van der Waals surface area contributed by atoms with Gasteiger partial charge in [0.05, 0.1) is 0 Å². The van der Waals surface area contributed by atoms with Gasteiger partial charge in [0.2, 0.25) is 5.91 Å². The maximum atomic E-state index is 14.0. The Balaban J connectivity index is 1.76. The maximum Gasteiger partial charge on any atom is 0.326 e. The summed E-state index contributed by atoms with van der Waals surface area (Å²) < 4.78 is 0. The molecule has 1 atom stereocenters. The molecule has 2 aliphatic rings. The number of hydrogen-bond donors (Lipinski definition) is 2. The van der Waals surface area contributed by atoms with E-state index in [0.29, 0.717) is 50.1 Å². The van der Waals surface area contributed by atoms with Crippen LogP contribution in [0.15, 0.2) is 60.7 Å². The molecule has 2 N–H and O–H groups in total. The van der Waals surface area contributed by atoms with Crippen LogP contribution in [0.2, 0.25) is 0 Å². The van der Waals surface area contributed by atoms with E-state index in [9.17, 15) is 14.4 Å². The lowest BCUT2D eigenvalue weighted by Gasteiger charge is -2.34. The molecule has 31 heavy (non-hydrogen) atoms. The van der Waals surface area contributed by atoms with Crippen molar-refractivity contribution in [3.63, 3.8) is 0 Å². The molecule has 2 heterocycles. The van der Waals surface area contributed by atoms with Crippen molar-refractivity contribution in [3.05, 3.63) is 71.8 Å². The molecule has 2 aromatic carbocycles. The molecule has 0 bridgehead atoms. The summed E-state index contributed by atoms with van der Waals surface area (Å²) in [5.74, 6) is -0.569. The third kappa shape index (κ3) is 3.70. The number of nitrogens with zero attached hydrogens (tertiary/aromatic N) is 2. The summed E-state index contributed by atoms with van der Waals surface area (Å²) in [6, 6.07) is 17.1. The standard InChI is InChI=1S/C24H28N4O3/c1-2-9-20(21(29)27-16-14-25-15-17-27)28-22(30)24(26-23(28)31,18-10-5-3-6-11-18)19-12-7-4-8-13-19/h3-8,10-13,20,25H,2,9,14-17H2,1H3,(H,26,31). The van der Waals surface area contributed by atoms with Crippen LogP contribution in [-0.4, -0.2) is 59.9 Å². The van der Waals surface area contributed by atoms with Crippen LogP contribution in [-0.2, 0) is 15.1 Å². The Morgan fingerprint density at radius 1 is 0.968 bits per heavy atom. The molecule has 0 saturated carbocycles. The van der Waals surface area contributed by atoms with Gasteiger partial charge in [-0.25, -0.2) is 9.69 Å². The fraction of sp³-hybridized carbons (Fsp3) is 0.375. The Kier molecular flexibility index (Phi) is 6.04. The van der Waals surface area contributed by atoms with Gasteiger partial charge in [-0.15, -0.1) is 0 Å². The fourth-order valence-corrected chi connectivity index (χ4v) is 4.50. The number of carbonyl (C=O) groups is 3. The second-order valence-corrected chi connectivity index (χ2v) is 7.97. The van der Waals surface area contributed by atoms with E-state index < -0.39 is 23.5 Å². The molecule has 0 spiro atoms. The lowest BCUT2D eigenvalue weighted by molar-refractivity contribution is -0.143. The SMILES string of the molecule is CCCC(C(=O)N1CCNCC1)N1C(=O)NC(c2ccccc2)(c2ccccc2)C1=O. The van der Waals surface area contributed by atoms with Crippen molar-refractivity contribution in [2.45, 2.75) is 31.3 Å². The summed E-state index contributed by atoms with van der Waals surface area (Å²) in [6.45, 7) is 4.53.